The fraction of sp³-hybridized carbons (Fsp3) is 0.467. The molecule has 0 aliphatic rings. The van der Waals surface area contributed by atoms with Gasteiger partial charge < -0.3 is 15.8 Å². The molecule has 116 valence electrons. The van der Waals surface area contributed by atoms with Crippen molar-refractivity contribution in [3.63, 3.8) is 0 Å². The van der Waals surface area contributed by atoms with Crippen molar-refractivity contribution in [1.29, 1.82) is 0 Å². The molecule has 4 N–H and O–H groups in total. The number of primary amides is 1. The van der Waals surface area contributed by atoms with Gasteiger partial charge in [-0.25, -0.2) is 4.79 Å². The quantitative estimate of drug-likeness (QED) is 0.699. The van der Waals surface area contributed by atoms with Crippen molar-refractivity contribution in [2.24, 2.45) is 11.7 Å². The molecule has 0 saturated carbocycles. The number of hydrogen-bond acceptors (Lipinski definition) is 4. The molecule has 1 unspecified atom stereocenters. The van der Waals surface area contributed by atoms with E-state index in [4.69, 9.17) is 10.5 Å². The molecule has 2 amide bonds. The maximum absolute atomic E-state index is 11.7. The number of carbonyl (C=O) groups is 2. The van der Waals surface area contributed by atoms with Crippen LogP contribution in [-0.2, 0) is 9.53 Å². The molecule has 6 nitrogen and oxygen atoms in total. The highest BCUT2D eigenvalue weighted by Gasteiger charge is 2.24. The number of urea groups is 1. The first-order chi connectivity index (χ1) is 9.85. The Morgan fingerprint density at radius 1 is 1.14 bits per heavy atom. The van der Waals surface area contributed by atoms with Gasteiger partial charge >= 0.3 is 12.0 Å². The summed E-state index contributed by atoms with van der Waals surface area (Å²) < 4.78 is 4.81. The van der Waals surface area contributed by atoms with E-state index >= 15 is 0 Å². The first kappa shape index (κ1) is 17.0. The smallest absolute Gasteiger partial charge is 0.323 e. The van der Waals surface area contributed by atoms with Crippen LogP contribution in [0.1, 0.15) is 32.4 Å². The number of ether oxygens (including phenoxy) is 1. The maximum Gasteiger partial charge on any atom is 0.323 e. The lowest BCUT2D eigenvalue weighted by molar-refractivity contribution is -0.144. The normalized spacial score (nSPS) is 13.6. The third-order valence-electron chi connectivity index (χ3n) is 3.23. The van der Waals surface area contributed by atoms with Gasteiger partial charge in [0.25, 0.3) is 0 Å². The minimum absolute atomic E-state index is 0.0286. The Morgan fingerprint density at radius 3 is 2.14 bits per heavy atom. The highest BCUT2D eigenvalue weighted by Crippen LogP contribution is 2.18. The highest BCUT2D eigenvalue weighted by molar-refractivity contribution is 5.87. The third kappa shape index (κ3) is 5.07. The lowest BCUT2D eigenvalue weighted by Crippen LogP contribution is -2.42. The van der Waals surface area contributed by atoms with Crippen LogP contribution in [0.3, 0.4) is 0 Å². The second-order valence-corrected chi connectivity index (χ2v) is 5.24. The van der Waals surface area contributed by atoms with E-state index in [-0.39, 0.29) is 24.0 Å². The number of benzene rings is 1. The van der Waals surface area contributed by atoms with E-state index < -0.39 is 6.03 Å². The van der Waals surface area contributed by atoms with E-state index in [2.05, 4.69) is 10.6 Å². The van der Waals surface area contributed by atoms with Gasteiger partial charge in [0.15, 0.2) is 0 Å². The zero-order chi connectivity index (χ0) is 16.0. The molecular weight excluding hydrogens is 270 g/mol. The molecule has 0 heterocycles. The lowest BCUT2D eigenvalue weighted by Gasteiger charge is -2.24. The van der Waals surface area contributed by atoms with Gasteiger partial charge in [-0.1, -0.05) is 26.0 Å². The first-order valence-corrected chi connectivity index (χ1v) is 6.85. The standard InChI is InChI=1S/C15H23N3O3/c1-9(2)13(14(19)21-4)17-10(3)11-5-7-12(8-6-11)18-15(16)20/h5-10,13,17H,1-4H3,(H3,16,18,20)/t10?,13-/m0/s1. The van der Waals surface area contributed by atoms with Crippen LogP contribution in [0.25, 0.3) is 0 Å². The number of carbonyl (C=O) groups excluding carboxylic acids is 2. The zero-order valence-corrected chi connectivity index (χ0v) is 12.8. The molecule has 1 rings (SSSR count). The van der Waals surface area contributed by atoms with Crippen molar-refractivity contribution < 1.29 is 14.3 Å². The predicted octanol–water partition coefficient (Wildman–Crippen LogP) is 2.03. The van der Waals surface area contributed by atoms with Crippen molar-refractivity contribution in [2.45, 2.75) is 32.9 Å². The summed E-state index contributed by atoms with van der Waals surface area (Å²) in [6.45, 7) is 5.89. The molecule has 0 bridgehead atoms. The van der Waals surface area contributed by atoms with Crippen LogP contribution in [0.2, 0.25) is 0 Å². The van der Waals surface area contributed by atoms with Gasteiger partial charge in [-0.3, -0.25) is 10.1 Å². The van der Waals surface area contributed by atoms with Gasteiger partial charge in [0.05, 0.1) is 7.11 Å². The van der Waals surface area contributed by atoms with Gasteiger partial charge in [-0.2, -0.15) is 0 Å². The van der Waals surface area contributed by atoms with E-state index in [1.165, 1.54) is 7.11 Å². The van der Waals surface area contributed by atoms with Crippen LogP contribution in [0.15, 0.2) is 24.3 Å². The number of amides is 2. The van der Waals surface area contributed by atoms with E-state index in [0.29, 0.717) is 5.69 Å². The van der Waals surface area contributed by atoms with Crippen molar-refractivity contribution in [1.82, 2.24) is 5.32 Å². The lowest BCUT2D eigenvalue weighted by atomic mass is 10.0. The number of anilines is 1. The Labute approximate surface area is 125 Å². The molecule has 1 aromatic carbocycles. The predicted molar refractivity (Wildman–Crippen MR) is 81.8 cm³/mol. The molecule has 6 heteroatoms. The number of hydrogen-bond donors (Lipinski definition) is 3. The largest absolute Gasteiger partial charge is 0.468 e. The van der Waals surface area contributed by atoms with Gasteiger partial charge in [0.1, 0.15) is 6.04 Å². The Balaban J connectivity index is 2.75. The van der Waals surface area contributed by atoms with E-state index in [1.54, 1.807) is 12.1 Å². The Morgan fingerprint density at radius 2 is 1.71 bits per heavy atom. The van der Waals surface area contributed by atoms with Crippen LogP contribution in [0.5, 0.6) is 0 Å². The third-order valence-corrected chi connectivity index (χ3v) is 3.23. The van der Waals surface area contributed by atoms with Crippen molar-refractivity contribution in [3.05, 3.63) is 29.8 Å². The molecule has 0 saturated heterocycles. The average molecular weight is 293 g/mol. The molecule has 0 spiro atoms. The van der Waals surface area contributed by atoms with E-state index in [9.17, 15) is 9.59 Å². The summed E-state index contributed by atoms with van der Waals surface area (Å²) >= 11 is 0. The molecule has 0 radical (unpaired) electrons. The van der Waals surface area contributed by atoms with Crippen molar-refractivity contribution in [2.75, 3.05) is 12.4 Å². The fourth-order valence-corrected chi connectivity index (χ4v) is 2.02. The number of nitrogens with two attached hydrogens (primary N) is 1. The second-order valence-electron chi connectivity index (χ2n) is 5.24. The minimum atomic E-state index is -0.598. The molecule has 2 atom stereocenters. The summed E-state index contributed by atoms with van der Waals surface area (Å²) in [5.74, 6) is -0.153. The summed E-state index contributed by atoms with van der Waals surface area (Å²) in [5.41, 5.74) is 6.69. The van der Waals surface area contributed by atoms with Crippen LogP contribution in [0.4, 0.5) is 10.5 Å². The number of methoxy groups -OCH3 is 1. The van der Waals surface area contributed by atoms with Crippen molar-refractivity contribution >= 4 is 17.7 Å². The first-order valence-electron chi connectivity index (χ1n) is 6.85. The van der Waals surface area contributed by atoms with E-state index in [0.717, 1.165) is 5.56 Å². The van der Waals surface area contributed by atoms with Crippen LogP contribution >= 0.6 is 0 Å². The number of rotatable bonds is 6. The topological polar surface area (TPSA) is 93.4 Å². The molecule has 21 heavy (non-hydrogen) atoms. The number of esters is 1. The van der Waals surface area contributed by atoms with Crippen LogP contribution < -0.4 is 16.4 Å². The summed E-state index contributed by atoms with van der Waals surface area (Å²) in [6.07, 6.45) is 0. The maximum atomic E-state index is 11.7. The molecule has 0 aliphatic carbocycles. The summed E-state index contributed by atoms with van der Waals surface area (Å²) in [4.78, 5) is 22.5. The molecular formula is C15H23N3O3. The van der Waals surface area contributed by atoms with Crippen molar-refractivity contribution in [3.8, 4) is 0 Å². The molecule has 0 aliphatic heterocycles. The minimum Gasteiger partial charge on any atom is -0.468 e. The summed E-state index contributed by atoms with van der Waals surface area (Å²) in [6, 6.07) is 6.28. The molecule has 1 aromatic rings. The van der Waals surface area contributed by atoms with Gasteiger partial charge in [-0.15, -0.1) is 0 Å². The van der Waals surface area contributed by atoms with Crippen LogP contribution in [0, 0.1) is 5.92 Å². The number of nitrogens with one attached hydrogen (secondary N) is 2. The summed E-state index contributed by atoms with van der Waals surface area (Å²) in [5, 5.41) is 5.76. The Kier molecular flexibility index (Phi) is 6.17. The zero-order valence-electron chi connectivity index (χ0n) is 12.8. The highest BCUT2D eigenvalue weighted by atomic mass is 16.5. The SMILES string of the molecule is COC(=O)[C@@H](NC(C)c1ccc(NC(N)=O)cc1)C(C)C. The van der Waals surface area contributed by atoms with E-state index in [1.807, 2.05) is 32.9 Å². The summed E-state index contributed by atoms with van der Waals surface area (Å²) in [7, 11) is 1.38. The second kappa shape index (κ2) is 7.64. The average Bonchev–Trinajstić information content (AvgIpc) is 2.43. The molecule has 0 aromatic heterocycles. The Hall–Kier alpha value is -2.08. The monoisotopic (exact) mass is 293 g/mol. The Bertz CT molecular complexity index is 485. The van der Waals surface area contributed by atoms with Gasteiger partial charge in [0.2, 0.25) is 0 Å². The van der Waals surface area contributed by atoms with Gasteiger partial charge in [-0.05, 0) is 30.5 Å². The van der Waals surface area contributed by atoms with Gasteiger partial charge in [0, 0.05) is 11.7 Å². The fourth-order valence-electron chi connectivity index (χ4n) is 2.02. The van der Waals surface area contributed by atoms with Crippen LogP contribution in [-0.4, -0.2) is 25.2 Å². The molecule has 0 fully saturated rings.